The minimum Gasteiger partial charge on any atom is -0.399 e. The van der Waals surface area contributed by atoms with Crippen LogP contribution in [0, 0.1) is 0 Å². The minimum absolute atomic E-state index is 0.372. The van der Waals surface area contributed by atoms with E-state index in [0.717, 1.165) is 12.2 Å². The van der Waals surface area contributed by atoms with Gasteiger partial charge in [0, 0.05) is 17.6 Å². The standard InChI is InChI=1S/C14H22N2/c1-16(2)11-14(9-3-4-10-14)12-5-7-13(15)8-6-12/h5-8H,3-4,9-11,15H2,1-2H3. The van der Waals surface area contributed by atoms with Crippen LogP contribution in [0.2, 0.25) is 0 Å². The van der Waals surface area contributed by atoms with Crippen molar-refractivity contribution >= 4 is 5.69 Å². The highest BCUT2D eigenvalue weighted by Crippen LogP contribution is 2.41. The first kappa shape index (κ1) is 11.5. The van der Waals surface area contributed by atoms with E-state index in [0.29, 0.717) is 5.41 Å². The zero-order valence-corrected chi connectivity index (χ0v) is 10.4. The summed E-state index contributed by atoms with van der Waals surface area (Å²) in [5.74, 6) is 0. The number of anilines is 1. The Labute approximate surface area is 98.4 Å². The van der Waals surface area contributed by atoms with Crippen LogP contribution in [0.4, 0.5) is 5.69 Å². The Hall–Kier alpha value is -1.02. The van der Waals surface area contributed by atoms with Crippen LogP contribution in [0.25, 0.3) is 0 Å². The molecule has 0 aliphatic heterocycles. The Bertz CT molecular complexity index is 334. The highest BCUT2D eigenvalue weighted by atomic mass is 15.1. The molecule has 1 aromatic rings. The molecule has 2 N–H and O–H groups in total. The van der Waals surface area contributed by atoms with E-state index in [4.69, 9.17) is 5.73 Å². The van der Waals surface area contributed by atoms with Crippen LogP contribution in [-0.4, -0.2) is 25.5 Å². The first-order valence-corrected chi connectivity index (χ1v) is 6.13. The Kier molecular flexibility index (Phi) is 3.20. The van der Waals surface area contributed by atoms with Crippen LogP contribution in [0.1, 0.15) is 31.2 Å². The lowest BCUT2D eigenvalue weighted by atomic mass is 9.78. The molecule has 0 amide bonds. The van der Waals surface area contributed by atoms with Gasteiger partial charge < -0.3 is 10.6 Å². The van der Waals surface area contributed by atoms with E-state index < -0.39 is 0 Å². The molecular formula is C14H22N2. The number of nitrogens with zero attached hydrogens (tertiary/aromatic N) is 1. The molecule has 2 nitrogen and oxygen atoms in total. The van der Waals surface area contributed by atoms with Crippen LogP contribution < -0.4 is 5.73 Å². The summed E-state index contributed by atoms with van der Waals surface area (Å²) >= 11 is 0. The van der Waals surface area contributed by atoms with E-state index in [9.17, 15) is 0 Å². The maximum Gasteiger partial charge on any atom is 0.0314 e. The zero-order valence-electron chi connectivity index (χ0n) is 10.4. The van der Waals surface area contributed by atoms with Crippen LogP contribution in [-0.2, 0) is 5.41 Å². The Morgan fingerprint density at radius 3 is 2.19 bits per heavy atom. The van der Waals surface area contributed by atoms with Gasteiger partial charge in [-0.3, -0.25) is 0 Å². The number of nitrogen functional groups attached to an aromatic ring is 1. The van der Waals surface area contributed by atoms with Gasteiger partial charge in [-0.25, -0.2) is 0 Å². The van der Waals surface area contributed by atoms with Crippen molar-refractivity contribution < 1.29 is 0 Å². The lowest BCUT2D eigenvalue weighted by Crippen LogP contribution is -2.35. The van der Waals surface area contributed by atoms with Gasteiger partial charge in [-0.15, -0.1) is 0 Å². The smallest absolute Gasteiger partial charge is 0.0314 e. The van der Waals surface area contributed by atoms with E-state index in [2.05, 4.69) is 31.1 Å². The second kappa shape index (κ2) is 4.46. The molecule has 2 heteroatoms. The van der Waals surface area contributed by atoms with Crippen molar-refractivity contribution in [3.8, 4) is 0 Å². The molecule has 1 saturated carbocycles. The maximum atomic E-state index is 5.76. The molecule has 88 valence electrons. The van der Waals surface area contributed by atoms with Crippen molar-refractivity contribution in [2.45, 2.75) is 31.1 Å². The van der Waals surface area contributed by atoms with E-state index in [1.807, 2.05) is 12.1 Å². The minimum atomic E-state index is 0.372. The topological polar surface area (TPSA) is 29.3 Å². The summed E-state index contributed by atoms with van der Waals surface area (Å²) in [4.78, 5) is 2.31. The number of rotatable bonds is 3. The highest BCUT2D eigenvalue weighted by molar-refractivity contribution is 5.42. The SMILES string of the molecule is CN(C)CC1(c2ccc(N)cc2)CCCC1. The van der Waals surface area contributed by atoms with E-state index in [-0.39, 0.29) is 0 Å². The Morgan fingerprint density at radius 1 is 1.12 bits per heavy atom. The molecule has 2 rings (SSSR count). The monoisotopic (exact) mass is 218 g/mol. The van der Waals surface area contributed by atoms with Crippen molar-refractivity contribution in [3.63, 3.8) is 0 Å². The zero-order chi connectivity index (χ0) is 11.6. The number of likely N-dealkylation sites (N-methyl/N-ethyl adjacent to an activating group) is 1. The largest absolute Gasteiger partial charge is 0.399 e. The third-order valence-corrected chi connectivity index (χ3v) is 3.70. The van der Waals surface area contributed by atoms with Crippen molar-refractivity contribution in [1.29, 1.82) is 0 Å². The third kappa shape index (κ3) is 2.22. The van der Waals surface area contributed by atoms with Gasteiger partial charge in [0.25, 0.3) is 0 Å². The van der Waals surface area contributed by atoms with E-state index in [1.165, 1.54) is 31.2 Å². The average Bonchev–Trinajstić information content (AvgIpc) is 2.67. The summed E-state index contributed by atoms with van der Waals surface area (Å²) in [7, 11) is 4.33. The number of hydrogen-bond acceptors (Lipinski definition) is 2. The molecule has 0 aromatic heterocycles. The fraction of sp³-hybridized carbons (Fsp3) is 0.571. The molecule has 16 heavy (non-hydrogen) atoms. The van der Waals surface area contributed by atoms with Gasteiger partial charge in [0.2, 0.25) is 0 Å². The number of benzene rings is 1. The molecule has 0 atom stereocenters. The first-order chi connectivity index (χ1) is 7.62. The molecule has 1 aromatic carbocycles. The predicted molar refractivity (Wildman–Crippen MR) is 69.6 cm³/mol. The van der Waals surface area contributed by atoms with Crippen LogP contribution in [0.15, 0.2) is 24.3 Å². The van der Waals surface area contributed by atoms with Gasteiger partial charge in [0.05, 0.1) is 0 Å². The summed E-state index contributed by atoms with van der Waals surface area (Å²) < 4.78 is 0. The third-order valence-electron chi connectivity index (χ3n) is 3.70. The van der Waals surface area contributed by atoms with Crippen molar-refractivity contribution in [2.24, 2.45) is 0 Å². The Balaban J connectivity index is 2.28. The number of nitrogens with two attached hydrogens (primary N) is 1. The average molecular weight is 218 g/mol. The molecular weight excluding hydrogens is 196 g/mol. The lowest BCUT2D eigenvalue weighted by Gasteiger charge is -2.32. The molecule has 1 aliphatic carbocycles. The van der Waals surface area contributed by atoms with Crippen molar-refractivity contribution in [1.82, 2.24) is 4.90 Å². The van der Waals surface area contributed by atoms with Gasteiger partial charge >= 0.3 is 0 Å². The summed E-state index contributed by atoms with van der Waals surface area (Å²) in [5, 5.41) is 0. The van der Waals surface area contributed by atoms with Crippen LogP contribution in [0.3, 0.4) is 0 Å². The maximum absolute atomic E-state index is 5.76. The summed E-state index contributed by atoms with van der Waals surface area (Å²) in [6.45, 7) is 1.15. The van der Waals surface area contributed by atoms with Gasteiger partial charge in [0.1, 0.15) is 0 Å². The molecule has 0 bridgehead atoms. The van der Waals surface area contributed by atoms with Gasteiger partial charge in [-0.2, -0.15) is 0 Å². The molecule has 0 spiro atoms. The molecule has 0 saturated heterocycles. The Morgan fingerprint density at radius 2 is 1.69 bits per heavy atom. The summed E-state index contributed by atoms with van der Waals surface area (Å²) in [5.41, 5.74) is 8.46. The molecule has 1 fully saturated rings. The number of hydrogen-bond donors (Lipinski definition) is 1. The summed E-state index contributed by atoms with van der Waals surface area (Å²) in [6, 6.07) is 8.49. The first-order valence-electron chi connectivity index (χ1n) is 6.13. The highest BCUT2D eigenvalue weighted by Gasteiger charge is 2.35. The van der Waals surface area contributed by atoms with Crippen LogP contribution in [0.5, 0.6) is 0 Å². The fourth-order valence-corrected chi connectivity index (χ4v) is 3.03. The quantitative estimate of drug-likeness (QED) is 0.790. The molecule has 0 heterocycles. The van der Waals surface area contributed by atoms with Crippen molar-refractivity contribution in [3.05, 3.63) is 29.8 Å². The summed E-state index contributed by atoms with van der Waals surface area (Å²) in [6.07, 6.45) is 5.35. The second-order valence-electron chi connectivity index (χ2n) is 5.35. The van der Waals surface area contributed by atoms with Gasteiger partial charge in [-0.1, -0.05) is 25.0 Å². The van der Waals surface area contributed by atoms with Crippen molar-refractivity contribution in [2.75, 3.05) is 26.4 Å². The lowest BCUT2D eigenvalue weighted by molar-refractivity contribution is 0.284. The normalized spacial score (nSPS) is 19.2. The molecule has 0 radical (unpaired) electrons. The van der Waals surface area contributed by atoms with E-state index in [1.54, 1.807) is 0 Å². The van der Waals surface area contributed by atoms with E-state index >= 15 is 0 Å². The molecule has 1 aliphatic rings. The fourth-order valence-electron chi connectivity index (χ4n) is 3.03. The second-order valence-corrected chi connectivity index (χ2v) is 5.35. The molecule has 0 unspecified atom stereocenters. The van der Waals surface area contributed by atoms with Gasteiger partial charge in [0.15, 0.2) is 0 Å². The van der Waals surface area contributed by atoms with Crippen LogP contribution >= 0.6 is 0 Å². The predicted octanol–water partition coefficient (Wildman–Crippen LogP) is 2.64. The van der Waals surface area contributed by atoms with Gasteiger partial charge in [-0.05, 0) is 44.6 Å².